The number of hydrogen-bond donors (Lipinski definition) is 2. The number of nitrogens with zero attached hydrogens (tertiary/aromatic N) is 2. The third-order valence-corrected chi connectivity index (χ3v) is 4.15. The molecule has 0 fully saturated rings. The van der Waals surface area contributed by atoms with Crippen LogP contribution in [0.4, 0.5) is 5.82 Å². The Labute approximate surface area is 115 Å². The maximum atomic E-state index is 9.46. The van der Waals surface area contributed by atoms with E-state index in [0.717, 1.165) is 21.5 Å². The van der Waals surface area contributed by atoms with Crippen LogP contribution < -0.4 is 5.32 Å². The molecule has 0 aliphatic rings. The number of rotatable bonds is 4. The van der Waals surface area contributed by atoms with Gasteiger partial charge < -0.3 is 10.4 Å². The molecule has 0 bridgehead atoms. The van der Waals surface area contributed by atoms with Gasteiger partial charge in [-0.3, -0.25) is 0 Å². The van der Waals surface area contributed by atoms with Gasteiger partial charge in [-0.1, -0.05) is 6.92 Å². The summed E-state index contributed by atoms with van der Waals surface area (Å²) < 4.78 is 0. The summed E-state index contributed by atoms with van der Waals surface area (Å²) in [6.45, 7) is 6.03. The van der Waals surface area contributed by atoms with Crippen LogP contribution in [0.5, 0.6) is 0 Å². The first-order chi connectivity index (χ1) is 8.47. The Morgan fingerprint density at radius 3 is 2.83 bits per heavy atom. The highest BCUT2D eigenvalue weighted by Gasteiger charge is 2.23. The van der Waals surface area contributed by atoms with Crippen molar-refractivity contribution in [3.63, 3.8) is 0 Å². The lowest BCUT2D eigenvalue weighted by molar-refractivity contribution is 0.218. The first-order valence-corrected chi connectivity index (χ1v) is 6.99. The van der Waals surface area contributed by atoms with Crippen molar-refractivity contribution in [3.05, 3.63) is 16.2 Å². The number of aliphatic hydroxyl groups is 1. The largest absolute Gasteiger partial charge is 0.394 e. The van der Waals surface area contributed by atoms with Gasteiger partial charge in [-0.25, -0.2) is 9.97 Å². The van der Waals surface area contributed by atoms with Gasteiger partial charge in [0.15, 0.2) is 0 Å². The molecule has 2 heterocycles. The Hall–Kier alpha value is -0.910. The zero-order valence-corrected chi connectivity index (χ0v) is 12.2. The minimum absolute atomic E-state index is 0.0374. The van der Waals surface area contributed by atoms with E-state index in [-0.39, 0.29) is 11.9 Å². The van der Waals surface area contributed by atoms with Crippen molar-refractivity contribution >= 4 is 39.0 Å². The van der Waals surface area contributed by atoms with E-state index < -0.39 is 5.54 Å². The molecule has 0 radical (unpaired) electrons. The predicted molar refractivity (Wildman–Crippen MR) is 76.6 cm³/mol. The second kappa shape index (κ2) is 4.99. The molecule has 0 spiro atoms. The van der Waals surface area contributed by atoms with E-state index in [1.54, 1.807) is 11.3 Å². The van der Waals surface area contributed by atoms with E-state index in [4.69, 9.17) is 11.6 Å². The van der Waals surface area contributed by atoms with Crippen LogP contribution in [0.15, 0.2) is 6.07 Å². The van der Waals surface area contributed by atoms with Crippen LogP contribution in [-0.2, 0) is 0 Å². The van der Waals surface area contributed by atoms with Gasteiger partial charge >= 0.3 is 0 Å². The molecular formula is C12H16ClN3OS. The van der Waals surface area contributed by atoms with Crippen molar-refractivity contribution < 1.29 is 5.11 Å². The fourth-order valence-electron chi connectivity index (χ4n) is 1.64. The summed E-state index contributed by atoms with van der Waals surface area (Å²) >= 11 is 7.51. The average molecular weight is 286 g/mol. The number of hydrogen-bond acceptors (Lipinski definition) is 5. The standard InChI is InChI=1S/C12H16ClN3OS/c1-4-12(3,6-17)16-9-8-5-7(2)18-10(8)15-11(13)14-9/h5,17H,4,6H2,1-3H3,(H,14,15,16). The lowest BCUT2D eigenvalue weighted by Crippen LogP contribution is -2.38. The number of thiophene rings is 1. The average Bonchev–Trinajstić information content (AvgIpc) is 2.69. The highest BCUT2D eigenvalue weighted by Crippen LogP contribution is 2.31. The van der Waals surface area contributed by atoms with Crippen LogP contribution in [0.25, 0.3) is 10.2 Å². The molecule has 4 nitrogen and oxygen atoms in total. The second-order valence-electron chi connectivity index (χ2n) is 4.61. The molecule has 1 atom stereocenters. The van der Waals surface area contributed by atoms with Crippen molar-refractivity contribution in [2.45, 2.75) is 32.7 Å². The van der Waals surface area contributed by atoms with Crippen molar-refractivity contribution in [3.8, 4) is 0 Å². The van der Waals surface area contributed by atoms with Crippen LogP contribution in [0, 0.1) is 6.92 Å². The molecular weight excluding hydrogens is 270 g/mol. The van der Waals surface area contributed by atoms with Crippen LogP contribution in [-0.4, -0.2) is 27.2 Å². The Kier molecular flexibility index (Phi) is 3.75. The molecule has 6 heteroatoms. The number of aromatic nitrogens is 2. The van der Waals surface area contributed by atoms with Gasteiger partial charge in [0.1, 0.15) is 10.6 Å². The molecule has 0 aromatic carbocycles. The van der Waals surface area contributed by atoms with Gasteiger partial charge in [0.25, 0.3) is 0 Å². The molecule has 0 aliphatic carbocycles. The summed E-state index contributed by atoms with van der Waals surface area (Å²) in [5.74, 6) is 0.688. The molecule has 0 amide bonds. The third-order valence-electron chi connectivity index (χ3n) is 3.04. The molecule has 0 saturated carbocycles. The van der Waals surface area contributed by atoms with Crippen LogP contribution in [0.3, 0.4) is 0 Å². The molecule has 18 heavy (non-hydrogen) atoms. The maximum absolute atomic E-state index is 9.46. The molecule has 0 aliphatic heterocycles. The van der Waals surface area contributed by atoms with Crippen LogP contribution in [0.1, 0.15) is 25.1 Å². The number of aliphatic hydroxyl groups excluding tert-OH is 1. The van der Waals surface area contributed by atoms with Crippen molar-refractivity contribution in [1.82, 2.24) is 9.97 Å². The Morgan fingerprint density at radius 2 is 2.22 bits per heavy atom. The molecule has 2 aromatic rings. The zero-order valence-electron chi connectivity index (χ0n) is 10.6. The van der Waals surface area contributed by atoms with Gasteiger partial charge in [-0.2, -0.15) is 0 Å². The van der Waals surface area contributed by atoms with E-state index in [0.29, 0.717) is 5.82 Å². The van der Waals surface area contributed by atoms with E-state index in [1.807, 2.05) is 26.8 Å². The maximum Gasteiger partial charge on any atom is 0.225 e. The molecule has 0 saturated heterocycles. The van der Waals surface area contributed by atoms with Gasteiger partial charge in [0, 0.05) is 4.88 Å². The summed E-state index contributed by atoms with van der Waals surface area (Å²) in [4.78, 5) is 10.5. The fraction of sp³-hybridized carbons (Fsp3) is 0.500. The van der Waals surface area contributed by atoms with E-state index in [9.17, 15) is 5.11 Å². The lowest BCUT2D eigenvalue weighted by atomic mass is 10.0. The molecule has 1 unspecified atom stereocenters. The minimum atomic E-state index is -0.402. The molecule has 2 aromatic heterocycles. The van der Waals surface area contributed by atoms with Crippen molar-refractivity contribution in [1.29, 1.82) is 0 Å². The van der Waals surface area contributed by atoms with E-state index in [1.165, 1.54) is 0 Å². The number of nitrogens with one attached hydrogen (secondary N) is 1. The highest BCUT2D eigenvalue weighted by atomic mass is 35.5. The topological polar surface area (TPSA) is 58.0 Å². The summed E-state index contributed by atoms with van der Waals surface area (Å²) in [7, 11) is 0. The predicted octanol–water partition coefficient (Wildman–Crippen LogP) is 3.23. The third kappa shape index (κ3) is 2.58. The van der Waals surface area contributed by atoms with E-state index >= 15 is 0 Å². The lowest BCUT2D eigenvalue weighted by Gasteiger charge is -2.28. The van der Waals surface area contributed by atoms with E-state index in [2.05, 4.69) is 15.3 Å². The van der Waals surface area contributed by atoms with Crippen LogP contribution >= 0.6 is 22.9 Å². The molecule has 2 N–H and O–H groups in total. The monoisotopic (exact) mass is 285 g/mol. The number of fused-ring (bicyclic) bond motifs is 1. The normalized spacial score (nSPS) is 14.7. The highest BCUT2D eigenvalue weighted by molar-refractivity contribution is 7.18. The smallest absolute Gasteiger partial charge is 0.225 e. The molecule has 2 rings (SSSR count). The van der Waals surface area contributed by atoms with Gasteiger partial charge in [0.05, 0.1) is 17.5 Å². The van der Waals surface area contributed by atoms with Crippen molar-refractivity contribution in [2.75, 3.05) is 11.9 Å². The quantitative estimate of drug-likeness (QED) is 0.847. The number of aryl methyl sites for hydroxylation is 1. The molecule has 98 valence electrons. The summed E-state index contributed by atoms with van der Waals surface area (Å²) in [6.07, 6.45) is 0.787. The summed E-state index contributed by atoms with van der Waals surface area (Å²) in [5.41, 5.74) is -0.402. The van der Waals surface area contributed by atoms with Crippen molar-refractivity contribution in [2.24, 2.45) is 0 Å². The zero-order chi connectivity index (χ0) is 13.3. The van der Waals surface area contributed by atoms with Gasteiger partial charge in [-0.05, 0) is 37.9 Å². The Bertz CT molecular complexity index is 566. The number of halogens is 1. The Balaban J connectivity index is 2.49. The first-order valence-electron chi connectivity index (χ1n) is 5.80. The number of anilines is 1. The SMILES string of the molecule is CCC(C)(CO)Nc1nc(Cl)nc2sc(C)cc12. The fourth-order valence-corrected chi connectivity index (χ4v) is 2.74. The minimum Gasteiger partial charge on any atom is -0.394 e. The van der Waals surface area contributed by atoms with Gasteiger partial charge in [-0.15, -0.1) is 11.3 Å². The summed E-state index contributed by atoms with van der Waals surface area (Å²) in [6, 6.07) is 2.03. The van der Waals surface area contributed by atoms with Crippen LogP contribution in [0.2, 0.25) is 5.28 Å². The second-order valence-corrected chi connectivity index (χ2v) is 6.19. The Morgan fingerprint density at radius 1 is 1.50 bits per heavy atom. The summed E-state index contributed by atoms with van der Waals surface area (Å²) in [5, 5.41) is 13.9. The van der Waals surface area contributed by atoms with Gasteiger partial charge in [0.2, 0.25) is 5.28 Å². The first kappa shape index (κ1) is 13.5.